The van der Waals surface area contributed by atoms with Gasteiger partial charge in [0.1, 0.15) is 0 Å². The third-order valence-electron chi connectivity index (χ3n) is 6.43. The molecule has 0 radical (unpaired) electrons. The van der Waals surface area contributed by atoms with Gasteiger partial charge < -0.3 is 14.8 Å². The van der Waals surface area contributed by atoms with Crippen molar-refractivity contribution < 1.29 is 32.2 Å². The molecule has 8 heteroatoms. The second-order valence-electron chi connectivity index (χ2n) is 8.62. The normalized spacial score (nSPS) is 21.9. The molecule has 5 nitrogen and oxygen atoms in total. The molecule has 35 heavy (non-hydrogen) atoms. The lowest BCUT2D eigenvalue weighted by molar-refractivity contribution is -0.139. The third-order valence-corrected chi connectivity index (χ3v) is 6.43. The number of carbonyl (C=O) groups excluding carboxylic acids is 2. The number of ether oxygens (including phenoxy) is 2. The summed E-state index contributed by atoms with van der Waals surface area (Å²) < 4.78 is 50.9. The molecule has 1 saturated carbocycles. The maximum atomic E-state index is 13.5. The molecule has 2 aliphatic rings. The van der Waals surface area contributed by atoms with E-state index in [4.69, 9.17) is 9.47 Å². The summed E-state index contributed by atoms with van der Waals surface area (Å²) in [6.45, 7) is 3.39. The number of dihydropyridines is 1. The lowest BCUT2D eigenvalue weighted by atomic mass is 9.79. The molecular weight excluding hydrogens is 459 g/mol. The van der Waals surface area contributed by atoms with Gasteiger partial charge in [0.25, 0.3) is 0 Å². The van der Waals surface area contributed by atoms with Crippen molar-refractivity contribution in [1.82, 2.24) is 5.32 Å². The van der Waals surface area contributed by atoms with Crippen LogP contribution >= 0.6 is 0 Å². The second-order valence-corrected chi connectivity index (χ2v) is 8.62. The fourth-order valence-electron chi connectivity index (χ4n) is 4.77. The first-order chi connectivity index (χ1) is 16.7. The summed E-state index contributed by atoms with van der Waals surface area (Å²) in [5, 5.41) is 3.21. The number of benzene rings is 2. The maximum Gasteiger partial charge on any atom is 0.416 e. The van der Waals surface area contributed by atoms with Gasteiger partial charge in [-0.15, -0.1) is 0 Å². The number of hydrogen-bond donors (Lipinski definition) is 1. The average Bonchev–Trinajstić information content (AvgIpc) is 3.64. The van der Waals surface area contributed by atoms with Gasteiger partial charge in [-0.05, 0) is 43.4 Å². The Bertz CT molecular complexity index is 1200. The summed E-state index contributed by atoms with van der Waals surface area (Å²) in [4.78, 5) is 26.1. The predicted octanol–water partition coefficient (Wildman–Crippen LogP) is 5.46. The number of hydrogen-bond acceptors (Lipinski definition) is 5. The Morgan fingerprint density at radius 3 is 2.29 bits per heavy atom. The lowest BCUT2D eigenvalue weighted by Gasteiger charge is -2.32. The molecule has 1 heterocycles. The van der Waals surface area contributed by atoms with Crippen LogP contribution in [0, 0.1) is 5.92 Å². The van der Waals surface area contributed by atoms with Crippen LogP contribution in [0.1, 0.15) is 48.8 Å². The monoisotopic (exact) mass is 485 g/mol. The molecule has 1 aliphatic carbocycles. The Labute approximate surface area is 201 Å². The molecule has 1 N–H and O–H groups in total. The number of carbonyl (C=O) groups is 2. The van der Waals surface area contributed by atoms with Crippen LogP contribution in [0.15, 0.2) is 77.1 Å². The Morgan fingerprint density at radius 2 is 1.66 bits per heavy atom. The minimum Gasteiger partial charge on any atom is -0.466 e. The van der Waals surface area contributed by atoms with E-state index < -0.39 is 29.6 Å². The van der Waals surface area contributed by atoms with Crippen LogP contribution < -0.4 is 5.32 Å². The predicted molar refractivity (Wildman–Crippen MR) is 123 cm³/mol. The fourth-order valence-corrected chi connectivity index (χ4v) is 4.77. The highest BCUT2D eigenvalue weighted by Crippen LogP contribution is 2.55. The van der Waals surface area contributed by atoms with Crippen molar-refractivity contribution in [1.29, 1.82) is 0 Å². The van der Waals surface area contributed by atoms with Crippen molar-refractivity contribution in [2.24, 2.45) is 5.92 Å². The molecule has 1 aliphatic heterocycles. The van der Waals surface area contributed by atoms with Crippen molar-refractivity contribution in [2.45, 2.75) is 38.3 Å². The molecule has 0 aromatic heterocycles. The van der Waals surface area contributed by atoms with Gasteiger partial charge in [-0.25, -0.2) is 9.59 Å². The Balaban J connectivity index is 1.89. The van der Waals surface area contributed by atoms with Crippen LogP contribution in [0.2, 0.25) is 0 Å². The number of alkyl halides is 3. The van der Waals surface area contributed by atoms with Crippen LogP contribution in [-0.2, 0) is 25.2 Å². The zero-order valence-corrected chi connectivity index (χ0v) is 19.6. The van der Waals surface area contributed by atoms with Crippen LogP contribution in [0.25, 0.3) is 0 Å². The number of halogens is 3. The van der Waals surface area contributed by atoms with Crippen LogP contribution in [0.4, 0.5) is 13.2 Å². The minimum absolute atomic E-state index is 0.0701. The second kappa shape index (κ2) is 9.60. The van der Waals surface area contributed by atoms with E-state index in [1.807, 2.05) is 30.3 Å². The van der Waals surface area contributed by atoms with Crippen LogP contribution in [0.5, 0.6) is 0 Å². The first kappa shape index (κ1) is 24.6. The molecular formula is C27H26F3NO4. The summed E-state index contributed by atoms with van der Waals surface area (Å²) in [6.07, 6.45) is -3.83. The Hall–Kier alpha value is -3.55. The number of allylic oxidation sites excluding steroid dienone is 2. The van der Waals surface area contributed by atoms with Crippen molar-refractivity contribution in [3.05, 3.63) is 93.8 Å². The van der Waals surface area contributed by atoms with Crippen molar-refractivity contribution in [3.63, 3.8) is 0 Å². The molecule has 184 valence electrons. The van der Waals surface area contributed by atoms with E-state index in [1.54, 1.807) is 13.8 Å². The van der Waals surface area contributed by atoms with E-state index in [1.165, 1.54) is 19.2 Å². The fraction of sp³-hybridized carbons (Fsp3) is 0.333. The molecule has 0 bridgehead atoms. The van der Waals surface area contributed by atoms with Crippen LogP contribution in [-0.4, -0.2) is 25.7 Å². The van der Waals surface area contributed by atoms with Gasteiger partial charge in [-0.2, -0.15) is 13.2 Å². The lowest BCUT2D eigenvalue weighted by Crippen LogP contribution is -2.34. The van der Waals surface area contributed by atoms with E-state index in [0.29, 0.717) is 11.4 Å². The molecule has 4 rings (SSSR count). The van der Waals surface area contributed by atoms with Gasteiger partial charge in [0.2, 0.25) is 0 Å². The van der Waals surface area contributed by atoms with E-state index in [-0.39, 0.29) is 35.2 Å². The number of esters is 2. The van der Waals surface area contributed by atoms with E-state index in [0.717, 1.165) is 24.1 Å². The zero-order valence-electron chi connectivity index (χ0n) is 19.6. The number of methoxy groups -OCH3 is 1. The standard InChI is InChI=1S/C27H26F3NO4/c1-4-35-26(33)23-22(17-11-8-12-18(13-17)27(28,29)30)21(25(32)34-3)15(2)31-24(23)20-14-19(20)16-9-6-5-7-10-16/h5-13,19-20,22,31H,4,14H2,1-3H3. The number of rotatable bonds is 6. The molecule has 2 aromatic rings. The maximum absolute atomic E-state index is 13.5. The average molecular weight is 486 g/mol. The quantitative estimate of drug-likeness (QED) is 0.551. The molecule has 2 aromatic carbocycles. The van der Waals surface area contributed by atoms with E-state index in [9.17, 15) is 22.8 Å². The summed E-state index contributed by atoms with van der Waals surface area (Å²) in [7, 11) is 1.20. The highest BCUT2D eigenvalue weighted by Gasteiger charge is 2.48. The topological polar surface area (TPSA) is 64.6 Å². The minimum atomic E-state index is -4.58. The van der Waals surface area contributed by atoms with Gasteiger partial charge in [0.05, 0.1) is 36.3 Å². The van der Waals surface area contributed by atoms with Crippen molar-refractivity contribution in [3.8, 4) is 0 Å². The smallest absolute Gasteiger partial charge is 0.416 e. The SMILES string of the molecule is CCOC(=O)C1=C(C2CC2c2ccccc2)NC(C)=C(C(=O)OC)C1c1cccc(C(F)(F)F)c1. The summed E-state index contributed by atoms with van der Waals surface area (Å²) in [5.74, 6) is -2.41. The molecule has 3 unspecified atom stereocenters. The first-order valence-electron chi connectivity index (χ1n) is 11.4. The molecule has 3 atom stereocenters. The summed E-state index contributed by atoms with van der Waals surface area (Å²) >= 11 is 0. The van der Waals surface area contributed by atoms with Gasteiger partial charge in [0.15, 0.2) is 0 Å². The molecule has 0 saturated heterocycles. The number of nitrogens with one attached hydrogen (secondary N) is 1. The van der Waals surface area contributed by atoms with Gasteiger partial charge in [0, 0.05) is 17.3 Å². The largest absolute Gasteiger partial charge is 0.466 e. The summed E-state index contributed by atoms with van der Waals surface area (Å²) in [6, 6.07) is 14.5. The van der Waals surface area contributed by atoms with E-state index >= 15 is 0 Å². The molecule has 0 amide bonds. The molecule has 0 spiro atoms. The molecule has 1 fully saturated rings. The van der Waals surface area contributed by atoms with Gasteiger partial charge >= 0.3 is 18.1 Å². The Morgan fingerprint density at radius 1 is 0.971 bits per heavy atom. The Kier molecular flexibility index (Phi) is 6.74. The van der Waals surface area contributed by atoms with Crippen molar-refractivity contribution >= 4 is 11.9 Å². The van der Waals surface area contributed by atoms with Crippen molar-refractivity contribution in [2.75, 3.05) is 13.7 Å². The zero-order chi connectivity index (χ0) is 25.3. The third kappa shape index (κ3) is 4.83. The highest BCUT2D eigenvalue weighted by atomic mass is 19.4. The van der Waals surface area contributed by atoms with Gasteiger partial charge in [-0.3, -0.25) is 0 Å². The van der Waals surface area contributed by atoms with Crippen LogP contribution in [0.3, 0.4) is 0 Å². The summed E-state index contributed by atoms with van der Waals surface area (Å²) in [5.41, 5.74) is 1.63. The van der Waals surface area contributed by atoms with Gasteiger partial charge in [-0.1, -0.05) is 48.5 Å². The van der Waals surface area contributed by atoms with E-state index in [2.05, 4.69) is 5.32 Å². The highest BCUT2D eigenvalue weighted by molar-refractivity contribution is 6.00. The first-order valence-corrected chi connectivity index (χ1v) is 11.4.